The second kappa shape index (κ2) is 9.67. The summed E-state index contributed by atoms with van der Waals surface area (Å²) in [6, 6.07) is 5.42. The topological polar surface area (TPSA) is 123 Å². The van der Waals surface area contributed by atoms with Crippen LogP contribution in [0.4, 0.5) is 10.8 Å². The van der Waals surface area contributed by atoms with Crippen LogP contribution in [0, 0.1) is 10.1 Å². The molecule has 0 unspecified atom stereocenters. The molecule has 1 aromatic carbocycles. The predicted octanol–water partition coefficient (Wildman–Crippen LogP) is 2.68. The number of nitrogens with zero attached hydrogens (tertiary/aromatic N) is 2. The molecule has 0 aliphatic carbocycles. The number of amides is 1. The Morgan fingerprint density at radius 1 is 1.36 bits per heavy atom. The number of aromatic nitrogens is 1. The zero-order valence-corrected chi connectivity index (χ0v) is 16.4. The first-order chi connectivity index (χ1) is 13.3. The van der Waals surface area contributed by atoms with Crippen molar-refractivity contribution in [2.75, 3.05) is 11.9 Å². The number of carbonyl (C=O) groups is 2. The number of thiazole rings is 1. The number of rotatable bonds is 7. The Bertz CT molecular complexity index is 924. The minimum Gasteiger partial charge on any atom is -0.466 e. The Balaban J connectivity index is 1.90. The minimum atomic E-state index is -0.561. The van der Waals surface area contributed by atoms with Gasteiger partial charge in [0, 0.05) is 23.1 Å². The van der Waals surface area contributed by atoms with Crippen molar-refractivity contribution >= 4 is 56.9 Å². The summed E-state index contributed by atoms with van der Waals surface area (Å²) >= 11 is 6.30. The van der Waals surface area contributed by atoms with Gasteiger partial charge in [0.05, 0.1) is 23.6 Å². The summed E-state index contributed by atoms with van der Waals surface area (Å²) in [7, 11) is 0. The molecular formula is C17H16N4O5S2. The number of hydrogen-bond acceptors (Lipinski definition) is 8. The van der Waals surface area contributed by atoms with Crippen LogP contribution >= 0.6 is 23.6 Å². The number of benzene rings is 1. The van der Waals surface area contributed by atoms with Crippen molar-refractivity contribution in [3.05, 3.63) is 57.6 Å². The standard InChI is InChI=1S/C17H16N4O5S2/c1-3-26-14(22)8-12-9-28-17(18-12)20-16(27)19-15(23)10(2)11-4-6-13(7-5-11)21(24)25/h4-7,9H,2-3,8H2,1H3,(H2,18,19,20,23,27). The summed E-state index contributed by atoms with van der Waals surface area (Å²) in [5, 5.41) is 18.0. The van der Waals surface area contributed by atoms with Crippen LogP contribution in [0.3, 0.4) is 0 Å². The Hall–Kier alpha value is -3.18. The molecule has 0 saturated carbocycles. The molecule has 0 saturated heterocycles. The molecule has 1 aromatic heterocycles. The van der Waals surface area contributed by atoms with E-state index in [4.69, 9.17) is 17.0 Å². The van der Waals surface area contributed by atoms with E-state index in [1.807, 2.05) is 0 Å². The molecule has 0 spiro atoms. The van der Waals surface area contributed by atoms with Gasteiger partial charge in [-0.2, -0.15) is 0 Å². The maximum Gasteiger partial charge on any atom is 0.311 e. The first kappa shape index (κ1) is 21.1. The van der Waals surface area contributed by atoms with Crippen molar-refractivity contribution in [3.8, 4) is 0 Å². The number of nitrogens with one attached hydrogen (secondary N) is 2. The van der Waals surface area contributed by atoms with Gasteiger partial charge in [-0.05, 0) is 36.8 Å². The number of esters is 1. The van der Waals surface area contributed by atoms with E-state index >= 15 is 0 Å². The molecule has 146 valence electrons. The van der Waals surface area contributed by atoms with Crippen molar-refractivity contribution in [2.24, 2.45) is 0 Å². The van der Waals surface area contributed by atoms with E-state index in [0.717, 1.165) is 0 Å². The maximum atomic E-state index is 12.2. The first-order valence-corrected chi connectivity index (χ1v) is 9.25. The van der Waals surface area contributed by atoms with Gasteiger partial charge in [-0.15, -0.1) is 11.3 Å². The molecule has 0 aliphatic rings. The molecule has 0 aliphatic heterocycles. The molecule has 1 heterocycles. The van der Waals surface area contributed by atoms with Crippen LogP contribution in [-0.4, -0.2) is 33.5 Å². The van der Waals surface area contributed by atoms with Gasteiger partial charge in [-0.1, -0.05) is 6.58 Å². The van der Waals surface area contributed by atoms with Crippen LogP contribution in [0.5, 0.6) is 0 Å². The molecule has 0 atom stereocenters. The zero-order chi connectivity index (χ0) is 20.7. The predicted molar refractivity (Wildman–Crippen MR) is 109 cm³/mol. The number of nitro benzene ring substituents is 1. The van der Waals surface area contributed by atoms with Crippen LogP contribution in [0.2, 0.25) is 0 Å². The zero-order valence-electron chi connectivity index (χ0n) is 14.8. The quantitative estimate of drug-likeness (QED) is 0.230. The fourth-order valence-corrected chi connectivity index (χ4v) is 3.00. The van der Waals surface area contributed by atoms with E-state index in [1.54, 1.807) is 12.3 Å². The van der Waals surface area contributed by atoms with Crippen LogP contribution < -0.4 is 10.6 Å². The third-order valence-corrected chi connectivity index (χ3v) is 4.34. The van der Waals surface area contributed by atoms with Gasteiger partial charge in [-0.3, -0.25) is 25.0 Å². The lowest BCUT2D eigenvalue weighted by Crippen LogP contribution is -2.34. The molecule has 2 aromatic rings. The molecule has 0 fully saturated rings. The lowest BCUT2D eigenvalue weighted by molar-refractivity contribution is -0.384. The van der Waals surface area contributed by atoms with Gasteiger partial charge >= 0.3 is 5.97 Å². The normalized spacial score (nSPS) is 10.0. The Kier molecular flexibility index (Phi) is 7.29. The molecule has 11 heteroatoms. The van der Waals surface area contributed by atoms with Gasteiger partial charge in [0.15, 0.2) is 10.2 Å². The summed E-state index contributed by atoms with van der Waals surface area (Å²) in [5.41, 5.74) is 0.963. The van der Waals surface area contributed by atoms with Gasteiger partial charge in [0.2, 0.25) is 0 Å². The van der Waals surface area contributed by atoms with Crippen molar-refractivity contribution in [1.29, 1.82) is 0 Å². The van der Waals surface area contributed by atoms with Crippen LogP contribution in [0.25, 0.3) is 5.57 Å². The monoisotopic (exact) mass is 420 g/mol. The summed E-state index contributed by atoms with van der Waals surface area (Å²) in [4.78, 5) is 38.0. The van der Waals surface area contributed by atoms with Crippen LogP contribution in [0.1, 0.15) is 18.2 Å². The molecule has 0 radical (unpaired) electrons. The third kappa shape index (κ3) is 5.93. The minimum absolute atomic E-state index is 0.00472. The number of non-ortho nitro benzene ring substituents is 1. The molecule has 28 heavy (non-hydrogen) atoms. The summed E-state index contributed by atoms with van der Waals surface area (Å²) in [6.07, 6.45) is 0.0437. The summed E-state index contributed by atoms with van der Waals surface area (Å²) in [5.74, 6) is -0.940. The smallest absolute Gasteiger partial charge is 0.311 e. The average molecular weight is 420 g/mol. The highest BCUT2D eigenvalue weighted by atomic mass is 32.1. The third-order valence-electron chi connectivity index (χ3n) is 3.33. The van der Waals surface area contributed by atoms with E-state index in [1.165, 1.54) is 35.6 Å². The van der Waals surface area contributed by atoms with Crippen molar-refractivity contribution in [2.45, 2.75) is 13.3 Å². The van der Waals surface area contributed by atoms with E-state index in [9.17, 15) is 19.7 Å². The lowest BCUT2D eigenvalue weighted by atomic mass is 10.1. The number of anilines is 1. The average Bonchev–Trinajstić information content (AvgIpc) is 3.07. The molecule has 2 N–H and O–H groups in total. The Morgan fingerprint density at radius 2 is 2.04 bits per heavy atom. The van der Waals surface area contributed by atoms with Crippen LogP contribution in [-0.2, 0) is 20.7 Å². The highest BCUT2D eigenvalue weighted by molar-refractivity contribution is 7.80. The fourth-order valence-electron chi connectivity index (χ4n) is 2.03. The number of hydrogen-bond donors (Lipinski definition) is 2. The van der Waals surface area contributed by atoms with Crippen LogP contribution in [0.15, 0.2) is 36.2 Å². The van der Waals surface area contributed by atoms with Crippen molar-refractivity contribution in [1.82, 2.24) is 10.3 Å². The van der Waals surface area contributed by atoms with Gasteiger partial charge in [0.1, 0.15) is 0 Å². The van der Waals surface area contributed by atoms with E-state index in [-0.39, 0.29) is 28.8 Å². The van der Waals surface area contributed by atoms with E-state index in [2.05, 4.69) is 22.2 Å². The first-order valence-electron chi connectivity index (χ1n) is 7.96. The molecule has 0 bridgehead atoms. The molecule has 2 rings (SSSR count). The second-order valence-corrected chi connectivity index (χ2v) is 6.58. The number of nitro groups is 1. The molecular weight excluding hydrogens is 404 g/mol. The largest absolute Gasteiger partial charge is 0.466 e. The van der Waals surface area contributed by atoms with Crippen molar-refractivity contribution in [3.63, 3.8) is 0 Å². The number of thiocarbonyl (C=S) groups is 1. The van der Waals surface area contributed by atoms with Gasteiger partial charge < -0.3 is 10.1 Å². The molecule has 9 nitrogen and oxygen atoms in total. The number of carbonyl (C=O) groups excluding carboxylic acids is 2. The fraction of sp³-hybridized carbons (Fsp3) is 0.176. The highest BCUT2D eigenvalue weighted by Gasteiger charge is 2.14. The summed E-state index contributed by atoms with van der Waals surface area (Å²) < 4.78 is 4.85. The van der Waals surface area contributed by atoms with E-state index < -0.39 is 10.8 Å². The van der Waals surface area contributed by atoms with E-state index in [0.29, 0.717) is 23.0 Å². The van der Waals surface area contributed by atoms with Gasteiger partial charge in [-0.25, -0.2) is 4.98 Å². The second-order valence-electron chi connectivity index (χ2n) is 5.32. The molecule has 1 amide bonds. The van der Waals surface area contributed by atoms with Crippen molar-refractivity contribution < 1.29 is 19.2 Å². The Morgan fingerprint density at radius 3 is 2.64 bits per heavy atom. The number of ether oxygens (including phenoxy) is 1. The Labute approximate surface area is 169 Å². The highest BCUT2D eigenvalue weighted by Crippen LogP contribution is 2.18. The summed E-state index contributed by atoms with van der Waals surface area (Å²) in [6.45, 7) is 5.69. The lowest BCUT2D eigenvalue weighted by Gasteiger charge is -2.09. The SMILES string of the molecule is C=C(C(=O)NC(=S)Nc1nc(CC(=O)OCC)cs1)c1ccc([N+](=O)[O-])cc1. The maximum absolute atomic E-state index is 12.2. The van der Waals surface area contributed by atoms with Gasteiger partial charge in [0.25, 0.3) is 11.6 Å².